The molecule has 44 heavy (non-hydrogen) atoms. The summed E-state index contributed by atoms with van der Waals surface area (Å²) < 4.78 is 18.2. The summed E-state index contributed by atoms with van der Waals surface area (Å²) in [5.74, 6) is 2.24. The number of benzene rings is 6. The van der Waals surface area contributed by atoms with Crippen LogP contribution in [0.3, 0.4) is 0 Å². The zero-order valence-corrected chi connectivity index (χ0v) is 27.3. The van der Waals surface area contributed by atoms with E-state index >= 15 is 0 Å². The lowest BCUT2D eigenvalue weighted by Gasteiger charge is -2.31. The van der Waals surface area contributed by atoms with Crippen LogP contribution < -0.4 is 13.9 Å². The highest BCUT2D eigenvalue weighted by Gasteiger charge is 2.46. The number of rotatable bonds is 5. The molecule has 6 aromatic rings. The average Bonchev–Trinajstić information content (AvgIpc) is 3.27. The van der Waals surface area contributed by atoms with E-state index in [4.69, 9.17) is 13.9 Å². The van der Waals surface area contributed by atoms with Gasteiger partial charge in [-0.1, -0.05) is 87.5 Å². The van der Waals surface area contributed by atoms with Crippen LogP contribution in [0.2, 0.25) is 13.1 Å². The quantitative estimate of drug-likeness (QED) is 0.159. The zero-order chi connectivity index (χ0) is 31.0. The predicted molar refractivity (Wildman–Crippen MR) is 183 cm³/mol. The van der Waals surface area contributed by atoms with E-state index in [0.29, 0.717) is 5.75 Å². The molecule has 7 rings (SSSR count). The van der Waals surface area contributed by atoms with Gasteiger partial charge in [-0.2, -0.15) is 0 Å². The van der Waals surface area contributed by atoms with E-state index in [-0.39, 0.29) is 5.41 Å². The molecule has 0 fully saturated rings. The molecular weight excluding hydrogens is 561 g/mol. The Morgan fingerprint density at radius 1 is 0.659 bits per heavy atom. The van der Waals surface area contributed by atoms with Gasteiger partial charge >= 0.3 is 0 Å². The number of hydrogen-bond acceptors (Lipinski definition) is 4. The predicted octanol–water partition coefficient (Wildman–Crippen LogP) is 9.36. The number of methoxy groups -OCH3 is 2. The van der Waals surface area contributed by atoms with Crippen molar-refractivity contribution in [3.8, 4) is 28.4 Å². The van der Waals surface area contributed by atoms with E-state index in [2.05, 4.69) is 107 Å². The Morgan fingerprint density at radius 3 is 2.14 bits per heavy atom. The molecule has 221 valence electrons. The van der Waals surface area contributed by atoms with E-state index in [1.165, 1.54) is 5.39 Å². The first kappa shape index (κ1) is 28.4. The van der Waals surface area contributed by atoms with Crippen LogP contribution in [0.5, 0.6) is 17.2 Å². The van der Waals surface area contributed by atoms with Crippen molar-refractivity contribution in [3.63, 3.8) is 0 Å². The maximum Gasteiger partial charge on any atom is 0.274 e. The molecule has 0 saturated heterocycles. The summed E-state index contributed by atoms with van der Waals surface area (Å²) in [4.78, 5) is 0. The van der Waals surface area contributed by atoms with Gasteiger partial charge in [0.15, 0.2) is 0 Å². The summed E-state index contributed by atoms with van der Waals surface area (Å²) >= 11 is 0. The molecule has 0 spiro atoms. The Kier molecular flexibility index (Phi) is 6.54. The van der Waals surface area contributed by atoms with Crippen molar-refractivity contribution in [2.75, 3.05) is 14.2 Å². The topological polar surface area (TPSA) is 47.9 Å². The first-order valence-corrected chi connectivity index (χ1v) is 17.5. The van der Waals surface area contributed by atoms with Crippen LogP contribution in [0.1, 0.15) is 43.0 Å². The second-order valence-corrected chi connectivity index (χ2v) is 15.0. The Balaban J connectivity index is 1.68. The third kappa shape index (κ3) is 4.14. The molecule has 1 aliphatic rings. The van der Waals surface area contributed by atoms with Crippen molar-refractivity contribution in [1.29, 1.82) is 0 Å². The lowest BCUT2D eigenvalue weighted by molar-refractivity contribution is 0.132. The van der Waals surface area contributed by atoms with Gasteiger partial charge in [-0.3, -0.25) is 0 Å². The summed E-state index contributed by atoms with van der Waals surface area (Å²) in [6, 6.07) is 31.4. The average molecular weight is 598 g/mol. The highest BCUT2D eigenvalue weighted by molar-refractivity contribution is 6.49. The van der Waals surface area contributed by atoms with Crippen molar-refractivity contribution in [3.05, 3.63) is 113 Å². The third-order valence-electron chi connectivity index (χ3n) is 8.98. The summed E-state index contributed by atoms with van der Waals surface area (Å²) in [6.45, 7) is 10.9. The molecule has 0 bridgehead atoms. The van der Waals surface area contributed by atoms with Gasteiger partial charge in [0.1, 0.15) is 22.8 Å². The van der Waals surface area contributed by atoms with Gasteiger partial charge in [-0.05, 0) is 74.8 Å². The molecule has 6 aromatic carbocycles. The monoisotopic (exact) mass is 597 g/mol. The fourth-order valence-corrected chi connectivity index (χ4v) is 7.65. The lowest BCUT2D eigenvalue weighted by Crippen LogP contribution is -2.27. The molecule has 1 atom stereocenters. The van der Waals surface area contributed by atoms with Crippen LogP contribution >= 0.6 is 0 Å². The molecule has 0 heterocycles. The molecule has 0 amide bonds. The first-order chi connectivity index (χ1) is 21.1. The highest BCUT2D eigenvalue weighted by atomic mass is 28.3. The Morgan fingerprint density at radius 2 is 1.41 bits per heavy atom. The molecular formula is C39H37O4Si. The second-order valence-electron chi connectivity index (χ2n) is 13.0. The van der Waals surface area contributed by atoms with Gasteiger partial charge in [0.05, 0.1) is 14.2 Å². The van der Waals surface area contributed by atoms with Crippen LogP contribution in [0.4, 0.5) is 0 Å². The molecule has 0 saturated carbocycles. The first-order valence-electron chi connectivity index (χ1n) is 15.1. The van der Waals surface area contributed by atoms with Crippen molar-refractivity contribution in [2.24, 2.45) is 0 Å². The van der Waals surface area contributed by atoms with Crippen LogP contribution in [-0.4, -0.2) is 28.4 Å². The molecule has 0 aromatic heterocycles. The SMILES string of the molecule is COc1ccc2c(c1)C(O)(c1cccc3c1ccc1ccccc13)c1cc(C(C)(C)C)c3cc(OC)cc(O[Si](C)C)c3c1-2. The lowest BCUT2D eigenvalue weighted by atomic mass is 9.76. The Labute approximate surface area is 260 Å². The third-order valence-corrected chi connectivity index (χ3v) is 9.61. The Hall–Kier alpha value is -4.32. The summed E-state index contributed by atoms with van der Waals surface area (Å²) in [7, 11) is 2.25. The largest absolute Gasteiger partial charge is 0.542 e. The van der Waals surface area contributed by atoms with Gasteiger partial charge in [-0.25, -0.2) is 0 Å². The molecule has 5 heteroatoms. The summed E-state index contributed by atoms with van der Waals surface area (Å²) in [6.07, 6.45) is 0. The minimum absolute atomic E-state index is 0.231. The number of fused-ring (bicyclic) bond motifs is 8. The highest BCUT2D eigenvalue weighted by Crippen LogP contribution is 2.58. The van der Waals surface area contributed by atoms with Gasteiger partial charge in [0, 0.05) is 33.7 Å². The van der Waals surface area contributed by atoms with Gasteiger partial charge in [0.2, 0.25) is 0 Å². The summed E-state index contributed by atoms with van der Waals surface area (Å²) in [5, 5.41) is 20.0. The second kappa shape index (κ2) is 10.1. The molecule has 1 radical (unpaired) electrons. The van der Waals surface area contributed by atoms with E-state index < -0.39 is 14.6 Å². The normalized spacial score (nSPS) is 16.0. The van der Waals surface area contributed by atoms with Crippen LogP contribution in [0.15, 0.2) is 91.0 Å². The van der Waals surface area contributed by atoms with Crippen molar-refractivity contribution >= 4 is 41.4 Å². The van der Waals surface area contributed by atoms with E-state index in [9.17, 15) is 5.11 Å². The maximum absolute atomic E-state index is 13.5. The maximum atomic E-state index is 13.5. The molecule has 1 aliphatic carbocycles. The van der Waals surface area contributed by atoms with E-state index in [1.54, 1.807) is 14.2 Å². The fourth-order valence-electron chi connectivity index (χ4n) is 7.05. The zero-order valence-electron chi connectivity index (χ0n) is 26.3. The van der Waals surface area contributed by atoms with Gasteiger partial charge in [-0.15, -0.1) is 0 Å². The van der Waals surface area contributed by atoms with Crippen LogP contribution in [0, 0.1) is 0 Å². The molecule has 1 N–H and O–H groups in total. The van der Waals surface area contributed by atoms with Crippen molar-refractivity contribution < 1.29 is 19.0 Å². The molecule has 1 unspecified atom stereocenters. The molecule has 4 nitrogen and oxygen atoms in total. The number of aliphatic hydroxyl groups is 1. The standard InChI is InChI=1S/C39H37O4Si/c1-38(2,3)32-22-34-36(37-30(32)19-25(42-5)21-35(37)43-44(6)7)29-18-16-24(41-4)20-33(29)39(34,40)31-14-10-13-27-26-12-9-8-11-23(26)15-17-28(27)31/h8-22,40H,1-7H3. The van der Waals surface area contributed by atoms with Crippen LogP contribution in [-0.2, 0) is 11.0 Å². The smallest absolute Gasteiger partial charge is 0.274 e. The van der Waals surface area contributed by atoms with E-state index in [0.717, 1.165) is 71.8 Å². The van der Waals surface area contributed by atoms with Crippen LogP contribution in [0.25, 0.3) is 43.4 Å². The number of hydrogen-bond donors (Lipinski definition) is 1. The minimum atomic E-state index is -1.45. The van der Waals surface area contributed by atoms with Crippen molar-refractivity contribution in [2.45, 2.75) is 44.9 Å². The number of ether oxygens (including phenoxy) is 2. The fraction of sp³-hybridized carbons (Fsp3) is 0.231. The minimum Gasteiger partial charge on any atom is -0.542 e. The van der Waals surface area contributed by atoms with Gasteiger partial charge in [0.25, 0.3) is 9.04 Å². The van der Waals surface area contributed by atoms with Crippen molar-refractivity contribution in [1.82, 2.24) is 0 Å². The van der Waals surface area contributed by atoms with Gasteiger partial charge < -0.3 is 19.0 Å². The molecule has 0 aliphatic heterocycles. The van der Waals surface area contributed by atoms with E-state index in [1.807, 2.05) is 18.2 Å². The Bertz CT molecular complexity index is 2110. The summed E-state index contributed by atoms with van der Waals surface area (Å²) in [5.41, 5.74) is 3.92.